The Morgan fingerprint density at radius 3 is 2.45 bits per heavy atom. The summed E-state index contributed by atoms with van der Waals surface area (Å²) >= 11 is 3.32. The van der Waals surface area contributed by atoms with Crippen molar-refractivity contribution in [3.63, 3.8) is 0 Å². The van der Waals surface area contributed by atoms with Gasteiger partial charge in [0.1, 0.15) is 11.4 Å². The molecule has 0 radical (unpaired) electrons. The summed E-state index contributed by atoms with van der Waals surface area (Å²) in [6, 6.07) is 7.72. The highest BCUT2D eigenvalue weighted by molar-refractivity contribution is 9.10. The zero-order valence-corrected chi connectivity index (χ0v) is 13.9. The highest BCUT2D eigenvalue weighted by Crippen LogP contribution is 2.16. The van der Waals surface area contributed by atoms with Crippen LogP contribution in [0.3, 0.4) is 0 Å². The van der Waals surface area contributed by atoms with E-state index in [9.17, 15) is 4.79 Å². The quantitative estimate of drug-likeness (QED) is 0.881. The van der Waals surface area contributed by atoms with Crippen LogP contribution in [0.25, 0.3) is 0 Å². The molecule has 20 heavy (non-hydrogen) atoms. The average molecular weight is 348 g/mol. The Balaban J connectivity index is 0.000000367. The molecule has 5 nitrogen and oxygen atoms in total. The second kappa shape index (κ2) is 9.61. The Hall–Kier alpha value is -1.27. The summed E-state index contributed by atoms with van der Waals surface area (Å²) in [4.78, 5) is 10.8. The molecule has 0 aliphatic heterocycles. The van der Waals surface area contributed by atoms with E-state index in [0.29, 0.717) is 0 Å². The van der Waals surface area contributed by atoms with Crippen LogP contribution in [0.5, 0.6) is 5.75 Å². The first kappa shape index (κ1) is 18.7. The summed E-state index contributed by atoms with van der Waals surface area (Å²) in [7, 11) is 1.65. The molecular formula is C14H22BrNO4. The molecule has 0 saturated heterocycles. The molecule has 0 spiro atoms. The maximum absolute atomic E-state index is 10.8. The zero-order chi connectivity index (χ0) is 15.6. The third-order valence-electron chi connectivity index (χ3n) is 1.81. The van der Waals surface area contributed by atoms with Crippen LogP contribution in [-0.2, 0) is 4.74 Å². The predicted octanol–water partition coefficient (Wildman–Crippen LogP) is 2.96. The van der Waals surface area contributed by atoms with Gasteiger partial charge in [0.25, 0.3) is 0 Å². The maximum atomic E-state index is 10.8. The van der Waals surface area contributed by atoms with E-state index in [1.807, 2.05) is 24.3 Å². The van der Waals surface area contributed by atoms with Crippen LogP contribution in [-0.4, -0.2) is 37.1 Å². The fraction of sp³-hybridized carbons (Fsp3) is 0.500. The highest BCUT2D eigenvalue weighted by atomic mass is 79.9. The molecule has 0 aromatic heterocycles. The van der Waals surface area contributed by atoms with Crippen LogP contribution in [0.2, 0.25) is 0 Å². The Morgan fingerprint density at radius 1 is 1.40 bits per heavy atom. The zero-order valence-electron chi connectivity index (χ0n) is 12.3. The molecule has 0 saturated carbocycles. The monoisotopic (exact) mass is 347 g/mol. The SMILES string of the molecule is CC(C)(C)OC(=O)NCCO.COc1cccc(Br)c1. The first-order chi connectivity index (χ1) is 9.28. The van der Waals surface area contributed by atoms with Crippen LogP contribution in [0.1, 0.15) is 20.8 Å². The van der Waals surface area contributed by atoms with E-state index in [1.165, 1.54) is 0 Å². The fourth-order valence-electron chi connectivity index (χ4n) is 1.07. The number of alkyl carbamates (subject to hydrolysis) is 1. The average Bonchev–Trinajstić information content (AvgIpc) is 2.35. The van der Waals surface area contributed by atoms with Crippen LogP contribution in [0, 0.1) is 0 Å². The van der Waals surface area contributed by atoms with Gasteiger partial charge in [0.05, 0.1) is 13.7 Å². The Bertz CT molecular complexity index is 404. The van der Waals surface area contributed by atoms with Gasteiger partial charge in [-0.15, -0.1) is 0 Å². The smallest absolute Gasteiger partial charge is 0.407 e. The number of carbonyl (C=O) groups excluding carboxylic acids is 1. The highest BCUT2D eigenvalue weighted by Gasteiger charge is 2.14. The van der Waals surface area contributed by atoms with Gasteiger partial charge in [-0.3, -0.25) is 0 Å². The van der Waals surface area contributed by atoms with Crippen LogP contribution >= 0.6 is 15.9 Å². The Morgan fingerprint density at radius 2 is 2.05 bits per heavy atom. The van der Waals surface area contributed by atoms with Gasteiger partial charge in [0, 0.05) is 11.0 Å². The van der Waals surface area contributed by atoms with Gasteiger partial charge in [0.15, 0.2) is 0 Å². The number of rotatable bonds is 3. The number of nitrogens with one attached hydrogen (secondary N) is 1. The first-order valence-electron chi connectivity index (χ1n) is 6.15. The lowest BCUT2D eigenvalue weighted by molar-refractivity contribution is 0.0518. The number of carbonyl (C=O) groups is 1. The van der Waals surface area contributed by atoms with Crippen molar-refractivity contribution in [2.45, 2.75) is 26.4 Å². The third-order valence-corrected chi connectivity index (χ3v) is 2.31. The van der Waals surface area contributed by atoms with Gasteiger partial charge in [-0.2, -0.15) is 0 Å². The molecule has 6 heteroatoms. The molecule has 0 heterocycles. The van der Waals surface area contributed by atoms with Gasteiger partial charge in [-0.1, -0.05) is 22.0 Å². The standard InChI is InChI=1S/C7H7BrO.C7H15NO3/c1-9-7-4-2-3-6(8)5-7;1-7(2,3)11-6(10)8-4-5-9/h2-5H,1H3;9H,4-5H2,1-3H3,(H,8,10). The normalized spacial score (nSPS) is 10.1. The number of hydrogen-bond acceptors (Lipinski definition) is 4. The molecule has 0 atom stereocenters. The molecule has 0 aliphatic carbocycles. The van der Waals surface area contributed by atoms with Gasteiger partial charge in [-0.05, 0) is 39.0 Å². The van der Waals surface area contributed by atoms with E-state index in [-0.39, 0.29) is 13.2 Å². The fourth-order valence-corrected chi connectivity index (χ4v) is 1.44. The van der Waals surface area contributed by atoms with Crippen molar-refractivity contribution < 1.29 is 19.4 Å². The largest absolute Gasteiger partial charge is 0.497 e. The summed E-state index contributed by atoms with van der Waals surface area (Å²) in [5.74, 6) is 0.879. The van der Waals surface area contributed by atoms with E-state index < -0.39 is 11.7 Å². The predicted molar refractivity (Wildman–Crippen MR) is 82.0 cm³/mol. The lowest BCUT2D eigenvalue weighted by atomic mass is 10.2. The van der Waals surface area contributed by atoms with Crippen LogP contribution < -0.4 is 10.1 Å². The number of aliphatic hydroxyl groups is 1. The van der Waals surface area contributed by atoms with Crippen molar-refractivity contribution in [3.8, 4) is 5.75 Å². The molecular weight excluding hydrogens is 326 g/mol. The van der Waals surface area contributed by atoms with Crippen molar-refractivity contribution >= 4 is 22.0 Å². The number of amides is 1. The Kier molecular flexibility index (Phi) is 9.00. The molecule has 1 aromatic carbocycles. The van der Waals surface area contributed by atoms with Gasteiger partial charge >= 0.3 is 6.09 Å². The molecule has 1 aromatic rings. The van der Waals surface area contributed by atoms with Gasteiger partial charge in [0.2, 0.25) is 0 Å². The third kappa shape index (κ3) is 10.6. The number of methoxy groups -OCH3 is 1. The molecule has 1 amide bonds. The minimum Gasteiger partial charge on any atom is -0.497 e. The van der Waals surface area contributed by atoms with E-state index in [4.69, 9.17) is 14.6 Å². The number of aliphatic hydroxyl groups excluding tert-OH is 1. The molecule has 0 fully saturated rings. The van der Waals surface area contributed by atoms with Gasteiger partial charge < -0.3 is 19.9 Å². The number of hydrogen-bond donors (Lipinski definition) is 2. The number of halogens is 1. The Labute approximate surface area is 128 Å². The van der Waals surface area contributed by atoms with E-state index in [0.717, 1.165) is 10.2 Å². The summed E-state index contributed by atoms with van der Waals surface area (Å²) in [5.41, 5.74) is -0.473. The van der Waals surface area contributed by atoms with Crippen molar-refractivity contribution in [3.05, 3.63) is 28.7 Å². The minimum absolute atomic E-state index is 0.0702. The molecule has 2 N–H and O–H groups in total. The summed E-state index contributed by atoms with van der Waals surface area (Å²) in [6.45, 7) is 5.51. The molecule has 0 bridgehead atoms. The first-order valence-corrected chi connectivity index (χ1v) is 6.95. The van der Waals surface area contributed by atoms with E-state index >= 15 is 0 Å². The summed E-state index contributed by atoms with van der Waals surface area (Å²) in [5, 5.41) is 10.7. The topological polar surface area (TPSA) is 67.8 Å². The molecule has 114 valence electrons. The van der Waals surface area contributed by atoms with Crippen molar-refractivity contribution in [1.29, 1.82) is 0 Å². The number of ether oxygens (including phenoxy) is 2. The van der Waals surface area contributed by atoms with Crippen LogP contribution in [0.4, 0.5) is 4.79 Å². The lowest BCUT2D eigenvalue weighted by Crippen LogP contribution is -2.33. The van der Waals surface area contributed by atoms with Crippen LogP contribution in [0.15, 0.2) is 28.7 Å². The second-order valence-corrected chi connectivity index (χ2v) is 5.73. The van der Waals surface area contributed by atoms with E-state index in [1.54, 1.807) is 27.9 Å². The van der Waals surface area contributed by atoms with Gasteiger partial charge in [-0.25, -0.2) is 4.79 Å². The molecule has 0 aliphatic rings. The molecule has 0 unspecified atom stereocenters. The number of benzene rings is 1. The van der Waals surface area contributed by atoms with Crippen molar-refractivity contribution in [2.75, 3.05) is 20.3 Å². The van der Waals surface area contributed by atoms with Crippen molar-refractivity contribution in [2.24, 2.45) is 0 Å². The minimum atomic E-state index is -0.494. The molecule has 1 rings (SSSR count). The maximum Gasteiger partial charge on any atom is 0.407 e. The van der Waals surface area contributed by atoms with E-state index in [2.05, 4.69) is 21.2 Å². The second-order valence-electron chi connectivity index (χ2n) is 4.81. The summed E-state index contributed by atoms with van der Waals surface area (Å²) < 4.78 is 10.9. The lowest BCUT2D eigenvalue weighted by Gasteiger charge is -2.19. The van der Waals surface area contributed by atoms with Crippen molar-refractivity contribution in [1.82, 2.24) is 5.32 Å². The summed E-state index contributed by atoms with van der Waals surface area (Å²) in [6.07, 6.45) is -0.494.